The Balaban J connectivity index is 1.95. The molecule has 5 N–H and O–H groups in total. The van der Waals surface area contributed by atoms with Gasteiger partial charge in [0.2, 0.25) is 0 Å². The highest BCUT2D eigenvalue weighted by molar-refractivity contribution is 6.32. The number of hydrogen-bond donors (Lipinski definition) is 5. The molecule has 3 aromatic rings. The zero-order chi connectivity index (χ0) is 23.3. The molecular weight excluding hydrogens is 437 g/mol. The lowest BCUT2D eigenvalue weighted by molar-refractivity contribution is 0.147. The maximum atomic E-state index is 13.9. The number of benzene rings is 1. The van der Waals surface area contributed by atoms with Crippen molar-refractivity contribution in [3.63, 3.8) is 0 Å². The fraction of sp³-hybridized carbons (Fsp3) is 0.227. The molecule has 0 radical (unpaired) electrons. The van der Waals surface area contributed by atoms with Crippen molar-refractivity contribution in [2.75, 3.05) is 23.8 Å². The third kappa shape index (κ3) is 4.96. The number of aliphatic hydroxyl groups excluding tert-OH is 2. The van der Waals surface area contributed by atoms with E-state index in [2.05, 4.69) is 15.6 Å². The number of halogens is 2. The molecule has 0 saturated heterocycles. The highest BCUT2D eigenvalue weighted by Gasteiger charge is 2.23. The average Bonchev–Trinajstić information content (AvgIpc) is 2.80. The normalized spacial score (nSPS) is 11.3. The van der Waals surface area contributed by atoms with E-state index < -0.39 is 11.1 Å². The van der Waals surface area contributed by atoms with Crippen molar-refractivity contribution in [1.82, 2.24) is 9.55 Å². The molecule has 1 aromatic carbocycles. The highest BCUT2D eigenvalue weighted by Crippen LogP contribution is 2.24. The summed E-state index contributed by atoms with van der Waals surface area (Å²) < 4.78 is 15.1. The van der Waals surface area contributed by atoms with Crippen LogP contribution in [0, 0.1) is 11.2 Å². The van der Waals surface area contributed by atoms with Gasteiger partial charge >= 0.3 is 0 Å². The zero-order valence-corrected chi connectivity index (χ0v) is 18.0. The fourth-order valence-corrected chi connectivity index (χ4v) is 3.18. The van der Waals surface area contributed by atoms with Gasteiger partial charge in [-0.1, -0.05) is 29.8 Å². The van der Waals surface area contributed by atoms with Gasteiger partial charge in [-0.15, -0.1) is 0 Å². The molecule has 0 amide bonds. The minimum Gasteiger partial charge on any atom is -0.394 e. The van der Waals surface area contributed by atoms with Gasteiger partial charge in [-0.25, -0.2) is 9.37 Å². The van der Waals surface area contributed by atoms with Crippen LogP contribution in [-0.4, -0.2) is 44.7 Å². The summed E-state index contributed by atoms with van der Waals surface area (Å²) in [6.07, 6.45) is 3.75. The molecule has 32 heavy (non-hydrogen) atoms. The van der Waals surface area contributed by atoms with Gasteiger partial charge in [0.1, 0.15) is 11.6 Å². The van der Waals surface area contributed by atoms with Crippen LogP contribution < -0.4 is 16.2 Å². The molecule has 0 atom stereocenters. The maximum absolute atomic E-state index is 13.9. The molecule has 0 aliphatic heterocycles. The number of rotatable bonds is 9. The van der Waals surface area contributed by atoms with E-state index >= 15 is 0 Å². The van der Waals surface area contributed by atoms with Crippen LogP contribution in [0.5, 0.6) is 0 Å². The molecule has 8 nitrogen and oxygen atoms in total. The van der Waals surface area contributed by atoms with Gasteiger partial charge in [0, 0.05) is 30.6 Å². The molecule has 0 aliphatic carbocycles. The van der Waals surface area contributed by atoms with Crippen LogP contribution in [0.15, 0.2) is 53.6 Å². The van der Waals surface area contributed by atoms with Gasteiger partial charge in [0.15, 0.2) is 0 Å². The third-order valence-corrected chi connectivity index (χ3v) is 5.21. The Kier molecular flexibility index (Phi) is 7.24. The van der Waals surface area contributed by atoms with Crippen molar-refractivity contribution in [1.29, 1.82) is 5.41 Å². The topological polar surface area (TPSA) is 123 Å². The van der Waals surface area contributed by atoms with Gasteiger partial charge < -0.3 is 26.3 Å². The van der Waals surface area contributed by atoms with Gasteiger partial charge in [-0.05, 0) is 19.1 Å². The van der Waals surface area contributed by atoms with E-state index in [1.807, 2.05) is 0 Å². The largest absolute Gasteiger partial charge is 0.394 e. The standard InChI is InChI=1S/C22H23ClFN5O3/c1-22(12-30,13-31)28-20-8-19(16(23)11-27-20)29-7-6-18(15(9-25)21(29)32)26-10-14-4-2-3-5-17(14)24/h2-9,11,25-26,30-31H,10,12-13H2,1H3,(H,27,28). The molecular formula is C22H23ClFN5O3. The summed E-state index contributed by atoms with van der Waals surface area (Å²) in [5.41, 5.74) is -0.357. The summed E-state index contributed by atoms with van der Waals surface area (Å²) in [6, 6.07) is 9.39. The molecule has 0 bridgehead atoms. The second-order valence-corrected chi connectivity index (χ2v) is 7.84. The Bertz CT molecular complexity index is 1180. The third-order valence-electron chi connectivity index (χ3n) is 4.92. The first-order valence-corrected chi connectivity index (χ1v) is 10.1. The summed E-state index contributed by atoms with van der Waals surface area (Å²) in [5.74, 6) is -0.0776. The first kappa shape index (κ1) is 23.4. The van der Waals surface area contributed by atoms with E-state index in [9.17, 15) is 19.4 Å². The number of nitrogens with one attached hydrogen (secondary N) is 3. The lowest BCUT2D eigenvalue weighted by Gasteiger charge is -2.27. The van der Waals surface area contributed by atoms with Crippen LogP contribution in [0.25, 0.3) is 5.69 Å². The molecule has 0 fully saturated rings. The minimum absolute atomic E-state index is 0.0711. The van der Waals surface area contributed by atoms with E-state index in [0.29, 0.717) is 22.8 Å². The second-order valence-electron chi connectivity index (χ2n) is 7.43. The number of aromatic nitrogens is 2. The Morgan fingerprint density at radius 3 is 2.66 bits per heavy atom. The number of pyridine rings is 2. The summed E-state index contributed by atoms with van der Waals surface area (Å²) >= 11 is 6.27. The summed E-state index contributed by atoms with van der Waals surface area (Å²) in [6.45, 7) is 1.06. The Hall–Kier alpha value is -3.27. The lowest BCUT2D eigenvalue weighted by atomic mass is 10.1. The van der Waals surface area contributed by atoms with Crippen LogP contribution >= 0.6 is 11.6 Å². The summed E-state index contributed by atoms with van der Waals surface area (Å²) in [5, 5.41) is 32.8. The Morgan fingerprint density at radius 2 is 2.00 bits per heavy atom. The van der Waals surface area contributed by atoms with Crippen LogP contribution in [0.4, 0.5) is 15.9 Å². The van der Waals surface area contributed by atoms with Crippen LogP contribution in [0.3, 0.4) is 0 Å². The van der Waals surface area contributed by atoms with E-state index in [4.69, 9.17) is 17.0 Å². The highest BCUT2D eigenvalue weighted by atomic mass is 35.5. The second kappa shape index (κ2) is 9.90. The monoisotopic (exact) mass is 459 g/mol. The maximum Gasteiger partial charge on any atom is 0.266 e. The number of hydrogen-bond acceptors (Lipinski definition) is 7. The van der Waals surface area contributed by atoms with Gasteiger partial charge in [0.25, 0.3) is 5.56 Å². The SMILES string of the molecule is CC(CO)(CO)Nc1cc(-n2ccc(NCc3ccccc3F)c(C=N)c2=O)c(Cl)cn1. The summed E-state index contributed by atoms with van der Waals surface area (Å²) in [7, 11) is 0. The molecule has 0 aliphatic rings. The van der Waals surface area contributed by atoms with Crippen LogP contribution in [0.1, 0.15) is 18.1 Å². The smallest absolute Gasteiger partial charge is 0.266 e. The van der Waals surface area contributed by atoms with E-state index in [1.165, 1.54) is 29.1 Å². The minimum atomic E-state index is -1.02. The number of anilines is 2. The molecule has 0 unspecified atom stereocenters. The van der Waals surface area contributed by atoms with Crippen LogP contribution in [0.2, 0.25) is 5.02 Å². The van der Waals surface area contributed by atoms with Gasteiger partial charge in [0.05, 0.1) is 46.9 Å². The number of nitrogens with zero attached hydrogens (tertiary/aromatic N) is 2. The predicted molar refractivity (Wildman–Crippen MR) is 123 cm³/mol. The molecule has 168 valence electrons. The van der Waals surface area contributed by atoms with Crippen molar-refractivity contribution in [2.45, 2.75) is 19.0 Å². The fourth-order valence-electron chi connectivity index (χ4n) is 2.99. The van der Waals surface area contributed by atoms with Crippen molar-refractivity contribution < 1.29 is 14.6 Å². The Morgan fingerprint density at radius 1 is 1.28 bits per heavy atom. The molecule has 10 heteroatoms. The average molecular weight is 460 g/mol. The Labute approximate surface area is 188 Å². The van der Waals surface area contributed by atoms with E-state index in [1.54, 1.807) is 31.2 Å². The van der Waals surface area contributed by atoms with Crippen LogP contribution in [-0.2, 0) is 6.54 Å². The molecule has 3 rings (SSSR count). The first-order valence-electron chi connectivity index (χ1n) is 9.71. The molecule has 0 saturated carbocycles. The predicted octanol–water partition coefficient (Wildman–Crippen LogP) is 2.79. The number of aliphatic hydroxyl groups is 2. The van der Waals surface area contributed by atoms with Crippen molar-refractivity contribution >= 4 is 29.3 Å². The van der Waals surface area contributed by atoms with Crippen molar-refractivity contribution in [3.8, 4) is 5.69 Å². The quantitative estimate of drug-likeness (QED) is 0.313. The first-order chi connectivity index (χ1) is 15.3. The van der Waals surface area contributed by atoms with Crippen molar-refractivity contribution in [2.24, 2.45) is 0 Å². The van der Waals surface area contributed by atoms with E-state index in [-0.39, 0.29) is 36.2 Å². The lowest BCUT2D eigenvalue weighted by Crippen LogP contribution is -2.42. The molecule has 2 aromatic heterocycles. The van der Waals surface area contributed by atoms with E-state index in [0.717, 1.165) is 6.21 Å². The zero-order valence-electron chi connectivity index (χ0n) is 17.3. The van der Waals surface area contributed by atoms with Gasteiger partial charge in [-0.3, -0.25) is 9.36 Å². The molecule has 2 heterocycles. The molecule has 0 spiro atoms. The summed E-state index contributed by atoms with van der Waals surface area (Å²) in [4.78, 5) is 17.2. The van der Waals surface area contributed by atoms with Crippen molar-refractivity contribution in [3.05, 3.63) is 81.1 Å². The van der Waals surface area contributed by atoms with Gasteiger partial charge in [-0.2, -0.15) is 0 Å².